The van der Waals surface area contributed by atoms with Crippen molar-refractivity contribution in [1.29, 1.82) is 0 Å². The monoisotopic (exact) mass is 322 g/mol. The summed E-state index contributed by atoms with van der Waals surface area (Å²) in [6, 6.07) is 13.4. The molecule has 1 heterocycles. The first-order valence-corrected chi connectivity index (χ1v) is 6.95. The fourth-order valence-corrected chi connectivity index (χ4v) is 2.02. The fraction of sp³-hybridized carbons (Fsp3) is 0.0625. The maximum Gasteiger partial charge on any atom is 0.335 e. The molecule has 118 valence electrons. The third kappa shape index (κ3) is 3.23. The lowest BCUT2D eigenvalue weighted by Crippen LogP contribution is -1.96. The number of rotatable bonds is 4. The van der Waals surface area contributed by atoms with E-state index in [4.69, 9.17) is 9.63 Å². The average molecular weight is 322 g/mol. The van der Waals surface area contributed by atoms with Crippen LogP contribution in [-0.2, 0) is 0 Å². The molecule has 0 spiro atoms. The highest BCUT2D eigenvalue weighted by atomic mass is 16.5. The number of hydrogen-bond acceptors (Lipinski definition) is 6. The van der Waals surface area contributed by atoms with E-state index in [1.165, 1.54) is 19.2 Å². The van der Waals surface area contributed by atoms with Crippen LogP contribution in [0.2, 0.25) is 0 Å². The van der Waals surface area contributed by atoms with E-state index in [2.05, 4.69) is 25.3 Å². The minimum Gasteiger partial charge on any atom is -0.478 e. The highest BCUT2D eigenvalue weighted by molar-refractivity contribution is 5.89. The zero-order valence-electron chi connectivity index (χ0n) is 12.6. The largest absolute Gasteiger partial charge is 0.478 e. The van der Waals surface area contributed by atoms with Gasteiger partial charge in [0.05, 0.1) is 5.56 Å². The average Bonchev–Trinajstić information content (AvgIpc) is 3.10. The van der Waals surface area contributed by atoms with Crippen LogP contribution in [0.5, 0.6) is 0 Å². The number of hydrogen-bond donors (Lipinski definition) is 1. The van der Waals surface area contributed by atoms with Gasteiger partial charge in [-0.2, -0.15) is 4.98 Å². The minimum absolute atomic E-state index is 0.162. The second-order valence-corrected chi connectivity index (χ2v) is 4.75. The molecule has 3 aromatic rings. The normalized spacial score (nSPS) is 10.0. The summed E-state index contributed by atoms with van der Waals surface area (Å²) in [4.78, 5) is 18.9. The summed E-state index contributed by atoms with van der Waals surface area (Å²) in [6.45, 7) is 0. The molecule has 24 heavy (non-hydrogen) atoms. The van der Waals surface area contributed by atoms with E-state index in [1.807, 2.05) is 0 Å². The smallest absolute Gasteiger partial charge is 0.335 e. The van der Waals surface area contributed by atoms with Gasteiger partial charge in [-0.25, -0.2) is 4.79 Å². The van der Waals surface area contributed by atoms with Gasteiger partial charge < -0.3 is 9.63 Å². The molecule has 1 N–H and O–H groups in total. The molecular formula is C16H12N5O3+. The Morgan fingerprint density at radius 2 is 1.96 bits per heavy atom. The number of benzene rings is 2. The molecule has 0 atom stereocenters. The van der Waals surface area contributed by atoms with Crippen LogP contribution in [-0.4, -0.2) is 28.3 Å². The summed E-state index contributed by atoms with van der Waals surface area (Å²) in [5, 5.41) is 20.4. The van der Waals surface area contributed by atoms with Crippen molar-refractivity contribution in [2.45, 2.75) is 0 Å². The lowest BCUT2D eigenvalue weighted by Gasteiger charge is -1.96. The van der Waals surface area contributed by atoms with Crippen LogP contribution in [0.4, 0.5) is 5.69 Å². The van der Waals surface area contributed by atoms with Crippen LogP contribution in [0.25, 0.3) is 22.8 Å². The lowest BCUT2D eigenvalue weighted by molar-refractivity contribution is 0.0697. The predicted molar refractivity (Wildman–Crippen MR) is 84.7 cm³/mol. The van der Waals surface area contributed by atoms with Gasteiger partial charge in [0.15, 0.2) is 10.8 Å². The first kappa shape index (κ1) is 15.3. The molecule has 1 aromatic heterocycles. The van der Waals surface area contributed by atoms with E-state index in [0.29, 0.717) is 23.0 Å². The first-order chi connectivity index (χ1) is 11.7. The van der Waals surface area contributed by atoms with Gasteiger partial charge in [0.1, 0.15) is 12.2 Å². The standard InChI is InChI=1S/C16H11N5O3/c1-17-21-19-13-7-5-10(6-8-13)15-18-14(20-24-15)11-3-2-4-12(9-11)16(22)23/h2-9H,1H3/p+1. The van der Waals surface area contributed by atoms with Crippen molar-refractivity contribution in [2.24, 2.45) is 10.2 Å². The number of carboxylic acid groups (broad SMARTS) is 1. The van der Waals surface area contributed by atoms with Gasteiger partial charge in [0.25, 0.3) is 5.89 Å². The fourth-order valence-electron chi connectivity index (χ4n) is 2.02. The van der Waals surface area contributed by atoms with Gasteiger partial charge in [-0.05, 0) is 36.4 Å². The Balaban J connectivity index is 1.89. The van der Waals surface area contributed by atoms with Gasteiger partial charge in [-0.15, -0.1) is 0 Å². The zero-order valence-corrected chi connectivity index (χ0v) is 12.6. The lowest BCUT2D eigenvalue weighted by atomic mass is 10.1. The van der Waals surface area contributed by atoms with E-state index in [0.717, 1.165) is 5.56 Å². The molecule has 8 heteroatoms. The van der Waals surface area contributed by atoms with Crippen LogP contribution in [0.1, 0.15) is 10.4 Å². The summed E-state index contributed by atoms with van der Waals surface area (Å²) in [5.74, 6) is -0.361. The molecule has 0 bridgehead atoms. The molecular weight excluding hydrogens is 310 g/mol. The third-order valence-corrected chi connectivity index (χ3v) is 3.16. The molecule has 0 saturated heterocycles. The van der Waals surface area contributed by atoms with Crippen LogP contribution >= 0.6 is 0 Å². The predicted octanol–water partition coefficient (Wildman–Crippen LogP) is 3.33. The van der Waals surface area contributed by atoms with Crippen molar-refractivity contribution in [3.8, 4) is 22.8 Å². The molecule has 0 aliphatic carbocycles. The highest BCUT2D eigenvalue weighted by Gasteiger charge is 2.12. The molecule has 3 rings (SSSR count). The molecule has 8 nitrogen and oxygen atoms in total. The van der Waals surface area contributed by atoms with Gasteiger partial charge in [0.2, 0.25) is 10.7 Å². The highest BCUT2D eigenvalue weighted by Crippen LogP contribution is 2.24. The third-order valence-electron chi connectivity index (χ3n) is 3.16. The van der Waals surface area contributed by atoms with Crippen LogP contribution in [0.15, 0.2) is 63.3 Å². The van der Waals surface area contributed by atoms with Crippen LogP contribution in [0, 0.1) is 0 Å². The molecule has 0 saturated carbocycles. The number of aromatic nitrogens is 2. The van der Waals surface area contributed by atoms with Crippen molar-refractivity contribution >= 4 is 11.7 Å². The van der Waals surface area contributed by atoms with E-state index < -0.39 is 5.97 Å². The first-order valence-electron chi connectivity index (χ1n) is 6.95. The Morgan fingerprint density at radius 3 is 2.67 bits per heavy atom. The van der Waals surface area contributed by atoms with E-state index in [-0.39, 0.29) is 5.56 Å². The summed E-state index contributed by atoms with van der Waals surface area (Å²) in [7, 11) is 1.54. The quantitative estimate of drug-likeness (QED) is 0.584. The zero-order chi connectivity index (χ0) is 16.9. The Kier molecular flexibility index (Phi) is 4.22. The Labute approximate surface area is 136 Å². The summed E-state index contributed by atoms with van der Waals surface area (Å²) >= 11 is 0. The number of nitrogens with zero attached hydrogens (tertiary/aromatic N) is 5. The van der Waals surface area contributed by atoms with Crippen LogP contribution in [0.3, 0.4) is 0 Å². The minimum atomic E-state index is -1.01. The van der Waals surface area contributed by atoms with Crippen molar-refractivity contribution in [3.05, 3.63) is 54.1 Å². The second-order valence-electron chi connectivity index (χ2n) is 4.75. The Morgan fingerprint density at radius 1 is 1.17 bits per heavy atom. The van der Waals surface area contributed by atoms with Crippen LogP contribution < -0.4 is 4.91 Å². The summed E-state index contributed by atoms with van der Waals surface area (Å²) in [5.41, 5.74) is 2.10. The molecule has 0 fully saturated rings. The van der Waals surface area contributed by atoms with Gasteiger partial charge in [-0.3, -0.25) is 0 Å². The van der Waals surface area contributed by atoms with E-state index in [9.17, 15) is 4.79 Å². The van der Waals surface area contributed by atoms with Gasteiger partial charge in [0, 0.05) is 11.1 Å². The molecule has 0 aliphatic heterocycles. The number of carboxylic acids is 1. The molecule has 0 aliphatic rings. The molecule has 0 amide bonds. The summed E-state index contributed by atoms with van der Waals surface area (Å²) < 4.78 is 5.25. The van der Waals surface area contributed by atoms with E-state index >= 15 is 0 Å². The van der Waals surface area contributed by atoms with Crippen molar-refractivity contribution < 1.29 is 14.4 Å². The molecule has 2 aromatic carbocycles. The van der Waals surface area contributed by atoms with Gasteiger partial charge >= 0.3 is 5.97 Å². The topological polar surface area (TPSA) is 115 Å². The number of carbonyl (C=O) groups is 1. The van der Waals surface area contributed by atoms with Crippen molar-refractivity contribution in [2.75, 3.05) is 7.05 Å². The molecule has 0 unspecified atom stereocenters. The van der Waals surface area contributed by atoms with Gasteiger partial charge in [-0.1, -0.05) is 17.3 Å². The van der Waals surface area contributed by atoms with Crippen molar-refractivity contribution in [1.82, 2.24) is 15.1 Å². The second kappa shape index (κ2) is 6.64. The Bertz CT molecular complexity index is 940. The molecule has 0 radical (unpaired) electrons. The Hall–Kier alpha value is -3.64. The SMILES string of the molecule is CN=[N+]=Nc1ccc(-c2nc(-c3cccc(C(=O)O)c3)no2)cc1. The number of aromatic carboxylic acids is 1. The van der Waals surface area contributed by atoms with Crippen molar-refractivity contribution in [3.63, 3.8) is 0 Å². The maximum atomic E-state index is 11.0. The van der Waals surface area contributed by atoms with E-state index in [1.54, 1.807) is 36.4 Å². The maximum absolute atomic E-state index is 11.0. The summed E-state index contributed by atoms with van der Waals surface area (Å²) in [6.07, 6.45) is 0.